The zero-order valence-corrected chi connectivity index (χ0v) is 11.5. The quantitative estimate of drug-likeness (QED) is 0.681. The molecule has 0 heterocycles. The van der Waals surface area contributed by atoms with Crippen molar-refractivity contribution < 1.29 is 14.4 Å². The van der Waals surface area contributed by atoms with Crippen molar-refractivity contribution in [2.24, 2.45) is 5.73 Å². The molecule has 1 aliphatic rings. The number of nitrogens with zero attached hydrogens (tertiary/aromatic N) is 1. The van der Waals surface area contributed by atoms with Gasteiger partial charge in [-0.3, -0.25) is 10.1 Å². The molecular formula is C11H12Cl2N2O4. The lowest BCUT2D eigenvalue weighted by atomic mass is 9.86. The number of ether oxygens (including phenoxy) is 2. The van der Waals surface area contributed by atoms with Gasteiger partial charge >= 0.3 is 0 Å². The standard InChI is InChI=1S/C11H12Cl2N2O4/c1-18-11-8(14)4-9(11)19-10-6(12)2-5(15(16)17)3-7(10)13/h2-3,8-9,11H,4,14H2,1H3. The van der Waals surface area contributed by atoms with Gasteiger partial charge in [0.2, 0.25) is 0 Å². The Balaban J connectivity index is 2.20. The smallest absolute Gasteiger partial charge is 0.272 e. The van der Waals surface area contributed by atoms with Gasteiger partial charge in [-0.15, -0.1) is 0 Å². The average Bonchev–Trinajstić information content (AvgIpc) is 2.32. The first-order chi connectivity index (χ1) is 8.93. The highest BCUT2D eigenvalue weighted by molar-refractivity contribution is 6.37. The second-order valence-corrected chi connectivity index (χ2v) is 5.07. The molecular weight excluding hydrogens is 295 g/mol. The van der Waals surface area contributed by atoms with E-state index in [-0.39, 0.29) is 39.7 Å². The van der Waals surface area contributed by atoms with E-state index in [2.05, 4.69) is 0 Å². The van der Waals surface area contributed by atoms with Gasteiger partial charge < -0.3 is 15.2 Å². The van der Waals surface area contributed by atoms with Crippen molar-refractivity contribution in [2.45, 2.75) is 24.7 Å². The normalized spacial score (nSPS) is 25.8. The SMILES string of the molecule is COC1C(N)CC1Oc1c(Cl)cc([N+](=O)[O-])cc1Cl. The fourth-order valence-electron chi connectivity index (χ4n) is 1.97. The lowest BCUT2D eigenvalue weighted by Crippen LogP contribution is -2.59. The van der Waals surface area contributed by atoms with Gasteiger partial charge in [0.25, 0.3) is 5.69 Å². The predicted octanol–water partition coefficient (Wildman–Crippen LogP) is 2.40. The maximum Gasteiger partial charge on any atom is 0.272 e. The van der Waals surface area contributed by atoms with E-state index in [1.165, 1.54) is 12.1 Å². The van der Waals surface area contributed by atoms with Gasteiger partial charge in [0.05, 0.1) is 15.0 Å². The monoisotopic (exact) mass is 306 g/mol. The van der Waals surface area contributed by atoms with E-state index >= 15 is 0 Å². The van der Waals surface area contributed by atoms with Crippen molar-refractivity contribution in [3.8, 4) is 5.75 Å². The number of halogens is 2. The molecule has 1 aromatic rings. The van der Waals surface area contributed by atoms with Crippen molar-refractivity contribution >= 4 is 28.9 Å². The molecule has 8 heteroatoms. The van der Waals surface area contributed by atoms with E-state index in [1.54, 1.807) is 7.11 Å². The van der Waals surface area contributed by atoms with Crippen LogP contribution in [0.25, 0.3) is 0 Å². The molecule has 6 nitrogen and oxygen atoms in total. The third-order valence-electron chi connectivity index (χ3n) is 3.03. The number of rotatable bonds is 4. The molecule has 19 heavy (non-hydrogen) atoms. The Bertz CT molecular complexity index is 488. The van der Waals surface area contributed by atoms with Gasteiger partial charge in [0, 0.05) is 31.7 Å². The largest absolute Gasteiger partial charge is 0.484 e. The second-order valence-electron chi connectivity index (χ2n) is 4.25. The average molecular weight is 307 g/mol. The summed E-state index contributed by atoms with van der Waals surface area (Å²) in [6, 6.07) is 2.30. The lowest BCUT2D eigenvalue weighted by Gasteiger charge is -2.41. The molecule has 0 bridgehead atoms. The van der Waals surface area contributed by atoms with Crippen LogP contribution in [0.1, 0.15) is 6.42 Å². The molecule has 3 unspecified atom stereocenters. The van der Waals surface area contributed by atoms with E-state index in [4.69, 9.17) is 38.4 Å². The lowest BCUT2D eigenvalue weighted by molar-refractivity contribution is -0.384. The fraction of sp³-hybridized carbons (Fsp3) is 0.455. The first kappa shape index (κ1) is 14.3. The molecule has 2 N–H and O–H groups in total. The summed E-state index contributed by atoms with van der Waals surface area (Å²) in [4.78, 5) is 10.1. The van der Waals surface area contributed by atoms with Crippen LogP contribution in [0.5, 0.6) is 5.75 Å². The zero-order valence-electron chi connectivity index (χ0n) is 10.0. The minimum atomic E-state index is -0.571. The highest BCUT2D eigenvalue weighted by Crippen LogP contribution is 2.39. The van der Waals surface area contributed by atoms with Gasteiger partial charge in [-0.2, -0.15) is 0 Å². The molecule has 0 amide bonds. The Kier molecular flexibility index (Phi) is 4.15. The summed E-state index contributed by atoms with van der Waals surface area (Å²) in [6.45, 7) is 0. The van der Waals surface area contributed by atoms with Gasteiger partial charge in [-0.1, -0.05) is 23.2 Å². The third kappa shape index (κ3) is 2.76. The van der Waals surface area contributed by atoms with Crippen molar-refractivity contribution in [2.75, 3.05) is 7.11 Å². The predicted molar refractivity (Wildman–Crippen MR) is 70.9 cm³/mol. The Morgan fingerprint density at radius 1 is 1.42 bits per heavy atom. The number of nitrogens with two attached hydrogens (primary N) is 1. The van der Waals surface area contributed by atoms with Crippen molar-refractivity contribution in [1.82, 2.24) is 0 Å². The van der Waals surface area contributed by atoms with Crippen LogP contribution in [0.4, 0.5) is 5.69 Å². The van der Waals surface area contributed by atoms with E-state index in [1.807, 2.05) is 0 Å². The van der Waals surface area contributed by atoms with Crippen LogP contribution in [0.15, 0.2) is 12.1 Å². The van der Waals surface area contributed by atoms with Crippen LogP contribution >= 0.6 is 23.2 Å². The first-order valence-corrected chi connectivity index (χ1v) is 6.28. The van der Waals surface area contributed by atoms with Crippen LogP contribution in [0.3, 0.4) is 0 Å². The van der Waals surface area contributed by atoms with Crippen LogP contribution in [-0.2, 0) is 4.74 Å². The molecule has 0 aliphatic heterocycles. The Labute approximate surface area is 119 Å². The Morgan fingerprint density at radius 3 is 2.42 bits per heavy atom. The number of nitro groups is 1. The third-order valence-corrected chi connectivity index (χ3v) is 3.59. The number of methoxy groups -OCH3 is 1. The molecule has 1 saturated carbocycles. The summed E-state index contributed by atoms with van der Waals surface area (Å²) in [6.07, 6.45) is 0.126. The molecule has 2 rings (SSSR count). The van der Waals surface area contributed by atoms with E-state index in [0.717, 1.165) is 0 Å². The summed E-state index contributed by atoms with van der Waals surface area (Å²) in [5.41, 5.74) is 5.57. The fourth-order valence-corrected chi connectivity index (χ4v) is 2.54. The van der Waals surface area contributed by atoms with Gasteiger partial charge in [-0.05, 0) is 0 Å². The number of hydrogen-bond donors (Lipinski definition) is 1. The highest BCUT2D eigenvalue weighted by atomic mass is 35.5. The summed E-state index contributed by atoms with van der Waals surface area (Å²) >= 11 is 11.9. The maximum atomic E-state index is 10.7. The number of hydrogen-bond acceptors (Lipinski definition) is 5. The van der Waals surface area contributed by atoms with E-state index in [0.29, 0.717) is 6.42 Å². The molecule has 1 fully saturated rings. The molecule has 1 aliphatic carbocycles. The van der Waals surface area contributed by atoms with Gasteiger partial charge in [0.1, 0.15) is 12.2 Å². The van der Waals surface area contributed by atoms with Crippen LogP contribution in [0, 0.1) is 10.1 Å². The molecule has 1 aromatic carbocycles. The Morgan fingerprint density at radius 2 is 2.00 bits per heavy atom. The van der Waals surface area contributed by atoms with Gasteiger partial charge in [0.15, 0.2) is 5.75 Å². The first-order valence-electron chi connectivity index (χ1n) is 5.52. The van der Waals surface area contributed by atoms with E-state index < -0.39 is 4.92 Å². The summed E-state index contributed by atoms with van der Waals surface area (Å²) in [5.74, 6) is 0.216. The van der Waals surface area contributed by atoms with E-state index in [9.17, 15) is 10.1 Å². The molecule has 0 aromatic heterocycles. The van der Waals surface area contributed by atoms with Crippen molar-refractivity contribution in [3.63, 3.8) is 0 Å². The minimum absolute atomic E-state index is 0.0920. The van der Waals surface area contributed by atoms with Crippen LogP contribution in [0.2, 0.25) is 10.0 Å². The topological polar surface area (TPSA) is 87.6 Å². The zero-order chi connectivity index (χ0) is 14.2. The second kappa shape index (κ2) is 5.50. The molecule has 3 atom stereocenters. The number of non-ortho nitro benzene ring substituents is 1. The van der Waals surface area contributed by atoms with Crippen molar-refractivity contribution in [3.05, 3.63) is 32.3 Å². The molecule has 0 radical (unpaired) electrons. The summed E-state index contributed by atoms with van der Waals surface area (Å²) < 4.78 is 10.8. The summed E-state index contributed by atoms with van der Waals surface area (Å²) in [7, 11) is 1.54. The van der Waals surface area contributed by atoms with Gasteiger partial charge in [-0.25, -0.2) is 0 Å². The maximum absolute atomic E-state index is 10.7. The molecule has 104 valence electrons. The Hall–Kier alpha value is -1.08. The summed E-state index contributed by atoms with van der Waals surface area (Å²) in [5, 5.41) is 10.8. The van der Waals surface area contributed by atoms with Crippen LogP contribution in [-0.4, -0.2) is 30.3 Å². The van der Waals surface area contributed by atoms with Crippen molar-refractivity contribution in [1.29, 1.82) is 0 Å². The number of benzene rings is 1. The minimum Gasteiger partial charge on any atom is -0.484 e. The van der Waals surface area contributed by atoms with Crippen LogP contribution < -0.4 is 10.5 Å². The molecule has 0 saturated heterocycles. The number of nitro benzene ring substituents is 1. The molecule has 0 spiro atoms. The highest BCUT2D eigenvalue weighted by Gasteiger charge is 2.41.